The van der Waals surface area contributed by atoms with Crippen LogP contribution in [0.3, 0.4) is 0 Å². The fourth-order valence-corrected chi connectivity index (χ4v) is 9.83. The summed E-state index contributed by atoms with van der Waals surface area (Å²) in [6, 6.07) is 17.3. The Kier molecular flexibility index (Phi) is 20.5. The van der Waals surface area contributed by atoms with Crippen LogP contribution in [0.25, 0.3) is 22.5 Å². The molecule has 7 aromatic rings. The van der Waals surface area contributed by atoms with Crippen molar-refractivity contribution in [1.82, 2.24) is 15.0 Å². The van der Waals surface area contributed by atoms with Gasteiger partial charge in [-0.2, -0.15) is 0 Å². The second kappa shape index (κ2) is 26.6. The molecular formula is C48H39Cl4F3N8O5S4. The average Bonchev–Trinajstić information content (AvgIpc) is 3.92. The molecule has 0 atom stereocenters. The Morgan fingerprint density at radius 3 is 2.01 bits per heavy atom. The summed E-state index contributed by atoms with van der Waals surface area (Å²) in [4.78, 5) is 37.5. The zero-order valence-corrected chi connectivity index (χ0v) is 43.8. The van der Waals surface area contributed by atoms with Crippen molar-refractivity contribution in [2.45, 2.75) is 19.4 Å². The summed E-state index contributed by atoms with van der Waals surface area (Å²) < 4.78 is 61.6. The quantitative estimate of drug-likeness (QED) is 0.0183. The van der Waals surface area contributed by atoms with Gasteiger partial charge >= 0.3 is 5.97 Å². The van der Waals surface area contributed by atoms with Gasteiger partial charge in [0.25, 0.3) is 5.91 Å². The molecule has 5 heterocycles. The zero-order valence-electron chi connectivity index (χ0n) is 37.5. The van der Waals surface area contributed by atoms with E-state index in [-0.39, 0.29) is 66.4 Å². The standard InChI is InChI=1S/C41H30Cl3F3N6O5S3.C7H9ClN2S/c1-59-53-29-9-24(42)8-28(11-29)52-40(54)34-12-30(38(43)60-34)36-32(58-20-23-6-26(46)17-49-15-23)7-21(16-50-36)3-2-4-25(45)5-22(14-48)19-57-33-10-27(47)18-51-37(33)31-13-35(41(55)56)61-39(31)44;1-11-10-7-3-5(8)2-6(9)4-7/h4-18,48,53H,2-3,19-20H2,1H3,(H,52,54)(H,55,56);2-4,10H,9H2,1H3/b22-5+,25-4?,48-14?;. The number of halogens is 7. The number of nitrogens with zero attached hydrogens (tertiary/aromatic N) is 3. The number of hydrogen-bond donors (Lipinski definition) is 6. The van der Waals surface area contributed by atoms with Crippen LogP contribution in [0.1, 0.15) is 36.9 Å². The van der Waals surface area contributed by atoms with Crippen molar-refractivity contribution in [2.24, 2.45) is 0 Å². The Bertz CT molecular complexity index is 3140. The van der Waals surface area contributed by atoms with Crippen molar-refractivity contribution in [3.63, 3.8) is 0 Å². The minimum absolute atomic E-state index is 0.0578. The van der Waals surface area contributed by atoms with Crippen molar-refractivity contribution in [3.8, 4) is 34.0 Å². The minimum Gasteiger partial charge on any atom is -0.487 e. The molecule has 0 aliphatic heterocycles. The van der Waals surface area contributed by atoms with Crippen LogP contribution in [0.5, 0.6) is 11.5 Å². The maximum absolute atomic E-state index is 15.2. The number of pyridine rings is 3. The summed E-state index contributed by atoms with van der Waals surface area (Å²) >= 11 is 29.6. The number of carbonyl (C=O) groups is 2. The number of benzene rings is 2. The number of carboxylic acids is 1. The number of anilines is 4. The number of aromatic carboxylic acids is 1. The second-order valence-corrected chi connectivity index (χ2v) is 20.1. The molecule has 5 aromatic heterocycles. The Hall–Kier alpha value is -5.97. The number of aryl methyl sites for hydroxylation is 1. The molecular weight excluding hydrogens is 1100 g/mol. The van der Waals surface area contributed by atoms with Gasteiger partial charge in [-0.3, -0.25) is 14.8 Å². The zero-order chi connectivity index (χ0) is 51.9. The number of amides is 1. The smallest absolute Gasteiger partial charge is 0.345 e. The predicted octanol–water partition coefficient (Wildman–Crippen LogP) is 14.8. The molecule has 1 amide bonds. The summed E-state index contributed by atoms with van der Waals surface area (Å²) in [6.45, 7) is -0.432. The fraction of sp³-hybridized carbons (Fsp3) is 0.125. The molecule has 374 valence electrons. The maximum atomic E-state index is 15.2. The molecule has 0 spiro atoms. The number of carbonyl (C=O) groups excluding carboxylic acids is 1. The number of ether oxygens (including phenoxy) is 2. The lowest BCUT2D eigenvalue weighted by atomic mass is 10.1. The Morgan fingerprint density at radius 2 is 1.38 bits per heavy atom. The average molecular weight is 1130 g/mol. The van der Waals surface area contributed by atoms with E-state index >= 15 is 4.39 Å². The van der Waals surface area contributed by atoms with Crippen molar-refractivity contribution < 1.29 is 37.3 Å². The van der Waals surface area contributed by atoms with E-state index in [0.29, 0.717) is 55.9 Å². The first-order valence-corrected chi connectivity index (χ1v) is 26.3. The lowest BCUT2D eigenvalue weighted by molar-refractivity contribution is 0.0702. The first kappa shape index (κ1) is 55.3. The van der Waals surface area contributed by atoms with Crippen molar-refractivity contribution >= 4 is 134 Å². The molecule has 0 saturated carbocycles. The number of nitrogens with two attached hydrogens (primary N) is 1. The molecule has 0 radical (unpaired) electrons. The Morgan fingerprint density at radius 1 is 0.764 bits per heavy atom. The number of nitrogens with one attached hydrogen (secondary N) is 4. The van der Waals surface area contributed by atoms with Crippen LogP contribution < -0.4 is 30.0 Å². The molecule has 0 unspecified atom stereocenters. The van der Waals surface area contributed by atoms with Crippen molar-refractivity contribution in [2.75, 3.05) is 39.6 Å². The summed E-state index contributed by atoms with van der Waals surface area (Å²) in [5, 5.41) is 21.0. The van der Waals surface area contributed by atoms with E-state index in [2.05, 4.69) is 29.7 Å². The van der Waals surface area contributed by atoms with Gasteiger partial charge in [-0.15, -0.1) is 22.7 Å². The first-order valence-electron chi connectivity index (χ1n) is 20.7. The second-order valence-electron chi connectivity index (χ2n) is 14.7. The highest BCUT2D eigenvalue weighted by molar-refractivity contribution is 8.00. The Balaban J connectivity index is 0.000000680. The highest BCUT2D eigenvalue weighted by Crippen LogP contribution is 2.41. The predicted molar refractivity (Wildman–Crippen MR) is 290 cm³/mol. The number of thiophene rings is 2. The molecule has 7 N–H and O–H groups in total. The van der Waals surface area contributed by atoms with Gasteiger partial charge in [0.05, 0.1) is 17.3 Å². The molecule has 13 nitrogen and oxygen atoms in total. The number of carboxylic acid groups (broad SMARTS) is 1. The molecule has 24 heteroatoms. The highest BCUT2D eigenvalue weighted by Gasteiger charge is 2.22. The summed E-state index contributed by atoms with van der Waals surface area (Å²) in [5.41, 5.74) is 10.5. The van der Waals surface area contributed by atoms with Gasteiger partial charge in [0, 0.05) is 92.2 Å². The van der Waals surface area contributed by atoms with E-state index in [1.54, 1.807) is 42.6 Å². The van der Waals surface area contributed by atoms with Gasteiger partial charge in [-0.05, 0) is 91.2 Å². The van der Waals surface area contributed by atoms with Crippen LogP contribution in [0.15, 0.2) is 115 Å². The number of nitrogen functional groups attached to an aromatic ring is 1. The first-order chi connectivity index (χ1) is 34.5. The van der Waals surface area contributed by atoms with E-state index in [1.807, 2.05) is 24.6 Å². The van der Waals surface area contributed by atoms with Gasteiger partial charge < -0.3 is 40.5 Å². The largest absolute Gasteiger partial charge is 0.487 e. The van der Waals surface area contributed by atoms with Crippen LogP contribution in [0.2, 0.25) is 18.7 Å². The van der Waals surface area contributed by atoms with Crippen LogP contribution in [0, 0.1) is 17.0 Å². The molecule has 72 heavy (non-hydrogen) atoms. The fourth-order valence-electron chi connectivity index (χ4n) is 6.36. The molecule has 0 aliphatic carbocycles. The number of rotatable bonds is 20. The van der Waals surface area contributed by atoms with Gasteiger partial charge in [-0.25, -0.2) is 22.9 Å². The lowest BCUT2D eigenvalue weighted by Gasteiger charge is -2.12. The molecule has 0 aliphatic rings. The minimum atomic E-state index is -1.20. The van der Waals surface area contributed by atoms with Gasteiger partial charge in [-0.1, -0.05) is 70.3 Å². The maximum Gasteiger partial charge on any atom is 0.345 e. The molecule has 2 aromatic carbocycles. The summed E-state index contributed by atoms with van der Waals surface area (Å²) in [6.07, 6.45) is 12.5. The van der Waals surface area contributed by atoms with E-state index in [9.17, 15) is 23.5 Å². The third kappa shape index (κ3) is 16.0. The van der Waals surface area contributed by atoms with Gasteiger partial charge in [0.1, 0.15) is 67.1 Å². The van der Waals surface area contributed by atoms with Crippen molar-refractivity contribution in [3.05, 3.63) is 166 Å². The third-order valence-corrected chi connectivity index (χ3v) is 13.4. The normalized spacial score (nSPS) is 11.3. The van der Waals surface area contributed by atoms with Crippen molar-refractivity contribution in [1.29, 1.82) is 5.41 Å². The topological polar surface area (TPSA) is 197 Å². The van der Waals surface area contributed by atoms with Crippen LogP contribution in [0.4, 0.5) is 35.9 Å². The summed E-state index contributed by atoms with van der Waals surface area (Å²) in [7, 11) is 0. The highest BCUT2D eigenvalue weighted by atomic mass is 35.5. The molecule has 0 fully saturated rings. The van der Waals surface area contributed by atoms with Gasteiger partial charge in [0.15, 0.2) is 0 Å². The lowest BCUT2D eigenvalue weighted by Crippen LogP contribution is -2.10. The summed E-state index contributed by atoms with van der Waals surface area (Å²) in [5.74, 6) is -3.43. The number of aromatic nitrogens is 3. The van der Waals surface area contributed by atoms with E-state index in [0.717, 1.165) is 59.1 Å². The van der Waals surface area contributed by atoms with Gasteiger partial charge in [0.2, 0.25) is 0 Å². The molecule has 7 rings (SSSR count). The van der Waals surface area contributed by atoms with E-state index in [1.165, 1.54) is 48.3 Å². The number of allylic oxidation sites excluding steroid dienone is 3. The monoisotopic (exact) mass is 1130 g/mol. The molecule has 0 bridgehead atoms. The van der Waals surface area contributed by atoms with Crippen LogP contribution in [-0.2, 0) is 13.0 Å². The van der Waals surface area contributed by atoms with Crippen LogP contribution in [-0.4, -0.2) is 57.3 Å². The van der Waals surface area contributed by atoms with E-state index < -0.39 is 29.3 Å². The molecule has 0 saturated heterocycles. The van der Waals surface area contributed by atoms with Crippen LogP contribution >= 0.6 is 93.0 Å². The number of hydrogen-bond acceptors (Lipinski definition) is 15. The van der Waals surface area contributed by atoms with E-state index in [4.69, 9.17) is 67.0 Å². The third-order valence-electron chi connectivity index (χ3n) is 9.39. The Labute approximate surface area is 447 Å². The SMILES string of the molecule is CSNc1cc(Cl)cc(NC(=O)c2cc(-c3ncc(CCC=C(F)/C=C(\C=N)COc4cc(F)cnc4-c4cc(C(=O)O)sc4Cl)cc3OCc3cncc(F)c3)c(Cl)s2)c1.CSNc1cc(N)cc(Cl)c1.